The van der Waals surface area contributed by atoms with Crippen LogP contribution in [0.15, 0.2) is 72.8 Å². The number of carbonyl (C=O) groups excluding carboxylic acids is 1. The van der Waals surface area contributed by atoms with Crippen molar-refractivity contribution in [3.8, 4) is 11.8 Å². The fourth-order valence-electron chi connectivity index (χ4n) is 2.48. The fraction of sp³-hybridized carbons (Fsp3) is 0.174. The zero-order chi connectivity index (χ0) is 18.3. The Hall–Kier alpha value is -3.05. The lowest BCUT2D eigenvalue weighted by Crippen LogP contribution is -2.16. The summed E-state index contributed by atoms with van der Waals surface area (Å²) in [5.41, 5.74) is 2.19. The van der Waals surface area contributed by atoms with E-state index in [1.54, 1.807) is 0 Å². The number of aliphatic carboxylic acids is 1. The maximum atomic E-state index is 8.89. The van der Waals surface area contributed by atoms with Gasteiger partial charge in [-0.1, -0.05) is 78.6 Å². The molecule has 0 fully saturated rings. The molecule has 2 nitrogen and oxygen atoms in total. The lowest BCUT2D eigenvalue weighted by Gasteiger charge is -2.17. The molecule has 0 bridgehead atoms. The zero-order valence-electron chi connectivity index (χ0n) is 14.7. The average molecular weight is 329 g/mol. The number of carboxylic acids is 1. The molecule has 0 saturated carbocycles. The van der Waals surface area contributed by atoms with E-state index in [4.69, 9.17) is 9.90 Å². The molecule has 25 heavy (non-hydrogen) atoms. The molecule has 0 amide bonds. The van der Waals surface area contributed by atoms with Gasteiger partial charge in [0.15, 0.2) is 0 Å². The normalized spacial score (nSPS) is 10.2. The van der Waals surface area contributed by atoms with Crippen molar-refractivity contribution in [2.75, 3.05) is 0 Å². The van der Waals surface area contributed by atoms with Crippen molar-refractivity contribution in [2.45, 2.75) is 26.2 Å². The maximum absolute atomic E-state index is 8.89. The number of benzene rings is 3. The first-order valence-corrected chi connectivity index (χ1v) is 8.14. The van der Waals surface area contributed by atoms with Gasteiger partial charge in [0.25, 0.3) is 0 Å². The van der Waals surface area contributed by atoms with E-state index in [-0.39, 0.29) is 5.41 Å². The number of rotatable bonds is 1. The van der Waals surface area contributed by atoms with Gasteiger partial charge >= 0.3 is 0 Å². The molecule has 0 saturated heterocycles. The molecule has 3 rings (SSSR count). The van der Waals surface area contributed by atoms with E-state index in [0.717, 1.165) is 12.5 Å². The largest absolute Gasteiger partial charge is 0.550 e. The lowest BCUT2D eigenvalue weighted by molar-refractivity contribution is -0.302. The summed E-state index contributed by atoms with van der Waals surface area (Å²) in [6.07, 6.45) is 0. The van der Waals surface area contributed by atoms with E-state index in [1.165, 1.54) is 16.3 Å². The smallest absolute Gasteiger partial charge is 0.0510 e. The third kappa shape index (κ3) is 5.22. The Labute approximate surface area is 149 Å². The number of carboxylic acid groups (broad SMARTS) is 1. The highest BCUT2D eigenvalue weighted by Crippen LogP contribution is 2.23. The zero-order valence-corrected chi connectivity index (χ0v) is 14.7. The first-order valence-electron chi connectivity index (χ1n) is 8.14. The van der Waals surface area contributed by atoms with Crippen molar-refractivity contribution in [1.82, 2.24) is 0 Å². The Morgan fingerprint density at radius 3 is 2.12 bits per heavy atom. The minimum absolute atomic E-state index is 0.155. The van der Waals surface area contributed by atoms with Crippen LogP contribution in [-0.2, 0) is 10.2 Å². The van der Waals surface area contributed by atoms with Gasteiger partial charge in [-0.05, 0) is 43.2 Å². The van der Waals surface area contributed by atoms with Gasteiger partial charge in [-0.3, -0.25) is 0 Å². The molecule has 3 aromatic rings. The van der Waals surface area contributed by atoms with Gasteiger partial charge < -0.3 is 9.90 Å². The van der Waals surface area contributed by atoms with Crippen molar-refractivity contribution in [3.05, 3.63) is 83.9 Å². The predicted molar refractivity (Wildman–Crippen MR) is 101 cm³/mol. The molecule has 3 aromatic carbocycles. The molecule has 0 aliphatic carbocycles. The molecule has 0 heterocycles. The Bertz CT molecular complexity index is 903. The minimum Gasteiger partial charge on any atom is -0.550 e. The van der Waals surface area contributed by atoms with Gasteiger partial charge in [-0.15, -0.1) is 0 Å². The molecule has 0 aromatic heterocycles. The second kappa shape index (κ2) is 8.17. The second-order valence-electron chi connectivity index (χ2n) is 6.26. The molecule has 0 atom stereocenters. The maximum Gasteiger partial charge on any atom is 0.0510 e. The van der Waals surface area contributed by atoms with Crippen molar-refractivity contribution in [2.24, 2.45) is 0 Å². The van der Waals surface area contributed by atoms with Crippen molar-refractivity contribution >= 4 is 16.7 Å². The van der Waals surface area contributed by atoms with E-state index >= 15 is 0 Å². The molecule has 2 heteroatoms. The third-order valence-electron chi connectivity index (χ3n) is 3.79. The molecule has 0 radical (unpaired) electrons. The van der Waals surface area contributed by atoms with Crippen LogP contribution < -0.4 is 5.11 Å². The standard InChI is InChI=1S/C21H18.C2H4O2/c1-21(2,19-12-4-3-5-13-19)16-15-18-11-8-10-17-9-6-7-14-20(17)18;1-2(3)4/h3-14H,1-2H3;1H3,(H,3,4)/p-1. The topological polar surface area (TPSA) is 40.1 Å². The number of hydrogen-bond donors (Lipinski definition) is 0. The van der Waals surface area contributed by atoms with E-state index in [2.05, 4.69) is 92.4 Å². The van der Waals surface area contributed by atoms with E-state index in [1.807, 2.05) is 6.07 Å². The Morgan fingerprint density at radius 1 is 0.880 bits per heavy atom. The van der Waals surface area contributed by atoms with Gasteiger partial charge in [-0.25, -0.2) is 0 Å². The van der Waals surface area contributed by atoms with Crippen molar-refractivity contribution < 1.29 is 9.90 Å². The predicted octanol–water partition coefficient (Wildman–Crippen LogP) is 3.93. The van der Waals surface area contributed by atoms with Gasteiger partial charge in [-0.2, -0.15) is 0 Å². The lowest BCUT2D eigenvalue weighted by atomic mass is 9.85. The second-order valence-corrected chi connectivity index (χ2v) is 6.26. The van der Waals surface area contributed by atoms with E-state index in [0.29, 0.717) is 0 Å². The van der Waals surface area contributed by atoms with Crippen LogP contribution in [0.4, 0.5) is 0 Å². The van der Waals surface area contributed by atoms with Gasteiger partial charge in [0.05, 0.1) is 5.41 Å². The van der Waals surface area contributed by atoms with Crippen LogP contribution in [0.5, 0.6) is 0 Å². The summed E-state index contributed by atoms with van der Waals surface area (Å²) in [5, 5.41) is 11.3. The molecule has 0 N–H and O–H groups in total. The van der Waals surface area contributed by atoms with Gasteiger partial charge in [0.2, 0.25) is 0 Å². The summed E-state index contributed by atoms with van der Waals surface area (Å²) in [6, 6.07) is 25.1. The molecule has 126 valence electrons. The van der Waals surface area contributed by atoms with Crippen LogP contribution in [0.25, 0.3) is 10.8 Å². The highest BCUT2D eigenvalue weighted by atomic mass is 16.4. The molecule has 0 aliphatic rings. The van der Waals surface area contributed by atoms with Gasteiger partial charge in [0.1, 0.15) is 0 Å². The minimum atomic E-state index is -1.08. The summed E-state index contributed by atoms with van der Waals surface area (Å²) in [5.74, 6) is 5.73. The summed E-state index contributed by atoms with van der Waals surface area (Å²) < 4.78 is 0. The third-order valence-corrected chi connectivity index (χ3v) is 3.79. The quantitative estimate of drug-likeness (QED) is 0.635. The molecule has 0 aliphatic heterocycles. The average Bonchev–Trinajstić information content (AvgIpc) is 2.60. The van der Waals surface area contributed by atoms with Crippen molar-refractivity contribution in [1.29, 1.82) is 0 Å². The molecule has 0 unspecified atom stereocenters. The van der Waals surface area contributed by atoms with Crippen LogP contribution >= 0.6 is 0 Å². The van der Waals surface area contributed by atoms with E-state index < -0.39 is 5.97 Å². The Morgan fingerprint density at radius 2 is 1.44 bits per heavy atom. The number of carbonyl (C=O) groups is 1. The van der Waals surface area contributed by atoms with E-state index in [9.17, 15) is 0 Å². The first kappa shape index (κ1) is 18.3. The van der Waals surface area contributed by atoms with Gasteiger partial charge in [0, 0.05) is 11.5 Å². The highest BCUT2D eigenvalue weighted by Gasteiger charge is 2.16. The van der Waals surface area contributed by atoms with Crippen LogP contribution in [0, 0.1) is 11.8 Å². The van der Waals surface area contributed by atoms with Crippen LogP contribution in [-0.4, -0.2) is 5.97 Å². The summed E-state index contributed by atoms with van der Waals surface area (Å²) in [4.78, 5) is 8.89. The first-order chi connectivity index (χ1) is 11.9. The van der Waals surface area contributed by atoms with Crippen LogP contribution in [0.1, 0.15) is 31.9 Å². The molecule has 0 spiro atoms. The fourth-order valence-corrected chi connectivity index (χ4v) is 2.48. The van der Waals surface area contributed by atoms with Crippen molar-refractivity contribution in [3.63, 3.8) is 0 Å². The SMILES string of the molecule is CC(=O)[O-].CC(C)(C#Cc1cccc2ccccc12)c1ccccc1. The van der Waals surface area contributed by atoms with Crippen LogP contribution in [0.2, 0.25) is 0 Å². The molecular weight excluding hydrogens is 308 g/mol. The monoisotopic (exact) mass is 329 g/mol. The Kier molecular flexibility index (Phi) is 5.98. The number of fused-ring (bicyclic) bond motifs is 1. The number of hydrogen-bond acceptors (Lipinski definition) is 2. The summed E-state index contributed by atoms with van der Waals surface area (Å²) in [7, 11) is 0. The highest BCUT2D eigenvalue weighted by molar-refractivity contribution is 5.88. The summed E-state index contributed by atoms with van der Waals surface area (Å²) in [6.45, 7) is 5.31. The summed E-state index contributed by atoms with van der Waals surface area (Å²) >= 11 is 0. The Balaban J connectivity index is 0.000000511. The molecular formula is C23H21O2-. The van der Waals surface area contributed by atoms with Crippen LogP contribution in [0.3, 0.4) is 0 Å².